The van der Waals surface area contributed by atoms with Crippen LogP contribution in [0.25, 0.3) is 5.69 Å². The maximum absolute atomic E-state index is 12.7. The van der Waals surface area contributed by atoms with Gasteiger partial charge in [0.2, 0.25) is 5.91 Å². The summed E-state index contributed by atoms with van der Waals surface area (Å²) in [6.07, 6.45) is -3.34. The number of anilines is 1. The summed E-state index contributed by atoms with van der Waals surface area (Å²) in [6.45, 7) is -0.279. The van der Waals surface area contributed by atoms with Crippen molar-refractivity contribution in [1.82, 2.24) is 9.78 Å². The van der Waals surface area contributed by atoms with Gasteiger partial charge in [0.25, 0.3) is 0 Å². The lowest BCUT2D eigenvalue weighted by Crippen LogP contribution is -2.23. The maximum Gasteiger partial charge on any atom is 0.416 e. The van der Waals surface area contributed by atoms with Crippen molar-refractivity contribution >= 4 is 23.3 Å². The lowest BCUT2D eigenvalue weighted by Gasteiger charge is -2.13. The molecule has 0 saturated heterocycles. The van der Waals surface area contributed by atoms with Crippen LogP contribution in [0.3, 0.4) is 0 Å². The molecule has 0 bridgehead atoms. The molecule has 0 radical (unpaired) electrons. The van der Waals surface area contributed by atoms with Gasteiger partial charge in [-0.2, -0.15) is 23.5 Å². The lowest BCUT2D eigenvalue weighted by molar-refractivity contribution is -0.137. The van der Waals surface area contributed by atoms with Crippen molar-refractivity contribution in [3.05, 3.63) is 40.5 Å². The van der Waals surface area contributed by atoms with Crippen molar-refractivity contribution in [2.75, 3.05) is 11.9 Å². The van der Waals surface area contributed by atoms with Crippen molar-refractivity contribution in [1.29, 1.82) is 5.26 Å². The molecule has 1 heterocycles. The van der Waals surface area contributed by atoms with E-state index in [2.05, 4.69) is 10.4 Å². The highest BCUT2D eigenvalue weighted by Crippen LogP contribution is 2.34. The van der Waals surface area contributed by atoms with Crippen molar-refractivity contribution in [3.63, 3.8) is 0 Å². The third kappa shape index (κ3) is 3.54. The van der Waals surface area contributed by atoms with E-state index in [9.17, 15) is 18.0 Å². The number of alkyl halides is 3. The van der Waals surface area contributed by atoms with Crippen LogP contribution in [-0.4, -0.2) is 22.2 Å². The van der Waals surface area contributed by atoms with E-state index in [1.54, 1.807) is 0 Å². The molecular formula is C13H9ClF3N5O. The van der Waals surface area contributed by atoms with Gasteiger partial charge in [-0.1, -0.05) is 11.6 Å². The quantitative estimate of drug-likeness (QED) is 0.890. The van der Waals surface area contributed by atoms with E-state index in [0.717, 1.165) is 22.9 Å². The molecule has 2 aromatic rings. The Labute approximate surface area is 133 Å². The molecule has 1 amide bonds. The summed E-state index contributed by atoms with van der Waals surface area (Å²) in [7, 11) is 0. The second-order valence-corrected chi connectivity index (χ2v) is 4.82. The van der Waals surface area contributed by atoms with E-state index >= 15 is 0 Å². The predicted octanol–water partition coefficient (Wildman–Crippen LogP) is 2.31. The fourth-order valence-corrected chi connectivity index (χ4v) is 2.07. The van der Waals surface area contributed by atoms with Gasteiger partial charge in [0, 0.05) is 0 Å². The van der Waals surface area contributed by atoms with Crippen molar-refractivity contribution in [2.24, 2.45) is 5.73 Å². The molecule has 1 aromatic carbocycles. The molecule has 0 aliphatic rings. The Morgan fingerprint density at radius 1 is 1.48 bits per heavy atom. The molecule has 0 saturated carbocycles. The number of primary amides is 1. The number of hydrogen-bond donors (Lipinski definition) is 2. The third-order valence-corrected chi connectivity index (χ3v) is 3.13. The molecular weight excluding hydrogens is 335 g/mol. The van der Waals surface area contributed by atoms with Crippen LogP contribution in [0.1, 0.15) is 11.1 Å². The summed E-state index contributed by atoms with van der Waals surface area (Å²) in [5, 5.41) is 15.3. The minimum Gasteiger partial charge on any atom is -0.368 e. The lowest BCUT2D eigenvalue weighted by atomic mass is 10.2. The van der Waals surface area contributed by atoms with Crippen LogP contribution in [0, 0.1) is 11.3 Å². The van der Waals surface area contributed by atoms with Gasteiger partial charge in [0.05, 0.1) is 29.0 Å². The first-order valence-electron chi connectivity index (χ1n) is 6.11. The summed E-state index contributed by atoms with van der Waals surface area (Å²) in [4.78, 5) is 10.9. The molecule has 120 valence electrons. The maximum atomic E-state index is 12.7. The Kier molecular flexibility index (Phi) is 4.47. The molecule has 0 atom stereocenters. The fraction of sp³-hybridized carbons (Fsp3) is 0.154. The Bertz CT molecular complexity index is 794. The highest BCUT2D eigenvalue weighted by Gasteiger charge is 2.31. The molecule has 0 unspecified atom stereocenters. The number of nitrogens with zero attached hydrogens (tertiary/aromatic N) is 3. The van der Waals surface area contributed by atoms with Crippen molar-refractivity contribution in [3.8, 4) is 11.8 Å². The van der Waals surface area contributed by atoms with Gasteiger partial charge in [-0.3, -0.25) is 4.79 Å². The Balaban J connectivity index is 2.48. The first-order chi connectivity index (χ1) is 10.7. The van der Waals surface area contributed by atoms with Crippen LogP contribution < -0.4 is 11.1 Å². The van der Waals surface area contributed by atoms with Crippen LogP contribution in [0.15, 0.2) is 24.4 Å². The van der Waals surface area contributed by atoms with E-state index < -0.39 is 17.6 Å². The Hall–Kier alpha value is -2.73. The molecule has 10 heteroatoms. The van der Waals surface area contributed by atoms with Crippen LogP contribution >= 0.6 is 11.6 Å². The standard InChI is InChI=1S/C13H9ClF3N5O/c14-9-3-8(13(15,16)17)1-2-10(9)22-12(20-6-11(19)23)7(4-18)5-21-22/h1-3,5,20H,6H2,(H2,19,23). The molecule has 2 rings (SSSR count). The average molecular weight is 344 g/mol. The van der Waals surface area contributed by atoms with Gasteiger partial charge < -0.3 is 11.1 Å². The number of carbonyl (C=O) groups excluding carboxylic acids is 1. The van der Waals surface area contributed by atoms with Gasteiger partial charge >= 0.3 is 6.18 Å². The normalized spacial score (nSPS) is 11.1. The van der Waals surface area contributed by atoms with Gasteiger partial charge in [-0.25, -0.2) is 4.68 Å². The molecule has 0 spiro atoms. The summed E-state index contributed by atoms with van der Waals surface area (Å²) >= 11 is 5.89. The SMILES string of the molecule is N#Cc1cnn(-c2ccc(C(F)(F)F)cc2Cl)c1NCC(N)=O. The topological polar surface area (TPSA) is 96.7 Å². The Morgan fingerprint density at radius 2 is 2.17 bits per heavy atom. The predicted molar refractivity (Wildman–Crippen MR) is 76.0 cm³/mol. The number of rotatable bonds is 4. The largest absolute Gasteiger partial charge is 0.416 e. The van der Waals surface area contributed by atoms with Gasteiger partial charge in [-0.15, -0.1) is 0 Å². The first kappa shape index (κ1) is 16.6. The molecule has 23 heavy (non-hydrogen) atoms. The Morgan fingerprint density at radius 3 is 2.70 bits per heavy atom. The number of amides is 1. The average Bonchev–Trinajstić information content (AvgIpc) is 2.86. The summed E-state index contributed by atoms with van der Waals surface area (Å²) in [5.41, 5.74) is 4.31. The van der Waals surface area contributed by atoms with Gasteiger partial charge in [0.1, 0.15) is 17.5 Å². The minimum absolute atomic E-state index is 0.0854. The zero-order chi connectivity index (χ0) is 17.2. The number of nitrogens with one attached hydrogen (secondary N) is 1. The molecule has 1 aromatic heterocycles. The zero-order valence-corrected chi connectivity index (χ0v) is 12.1. The monoisotopic (exact) mass is 343 g/mol. The molecule has 3 N–H and O–H groups in total. The van der Waals surface area contributed by atoms with Crippen LogP contribution in [0.2, 0.25) is 5.02 Å². The number of carbonyl (C=O) groups is 1. The zero-order valence-electron chi connectivity index (χ0n) is 11.4. The number of hydrogen-bond acceptors (Lipinski definition) is 4. The third-order valence-electron chi connectivity index (χ3n) is 2.82. The summed E-state index contributed by atoms with van der Waals surface area (Å²) in [5.74, 6) is -0.576. The molecule has 0 aliphatic carbocycles. The van der Waals surface area contributed by atoms with Gasteiger partial charge in [-0.05, 0) is 18.2 Å². The number of benzene rings is 1. The van der Waals surface area contributed by atoms with E-state index in [1.165, 1.54) is 6.20 Å². The van der Waals surface area contributed by atoms with Gasteiger partial charge in [0.15, 0.2) is 0 Å². The van der Waals surface area contributed by atoms with E-state index in [4.69, 9.17) is 22.6 Å². The van der Waals surface area contributed by atoms with Crippen LogP contribution in [0.5, 0.6) is 0 Å². The molecule has 0 aliphatic heterocycles. The first-order valence-corrected chi connectivity index (χ1v) is 6.49. The van der Waals surface area contributed by atoms with Crippen LogP contribution in [-0.2, 0) is 11.0 Å². The smallest absolute Gasteiger partial charge is 0.368 e. The summed E-state index contributed by atoms with van der Waals surface area (Å²) < 4.78 is 39.1. The number of aromatic nitrogens is 2. The highest BCUT2D eigenvalue weighted by atomic mass is 35.5. The minimum atomic E-state index is -4.53. The van der Waals surface area contributed by atoms with E-state index in [0.29, 0.717) is 0 Å². The van der Waals surface area contributed by atoms with Crippen LogP contribution in [0.4, 0.5) is 19.0 Å². The van der Waals surface area contributed by atoms with Crippen molar-refractivity contribution in [2.45, 2.75) is 6.18 Å². The second kappa shape index (κ2) is 6.18. The van der Waals surface area contributed by atoms with Crippen molar-refractivity contribution < 1.29 is 18.0 Å². The highest BCUT2D eigenvalue weighted by molar-refractivity contribution is 6.32. The number of halogens is 4. The molecule has 6 nitrogen and oxygen atoms in total. The van der Waals surface area contributed by atoms with E-state index in [-0.39, 0.29) is 28.6 Å². The van der Waals surface area contributed by atoms with E-state index in [1.807, 2.05) is 6.07 Å². The fourth-order valence-electron chi connectivity index (χ4n) is 1.81. The molecule has 0 fully saturated rings. The number of nitrogens with two attached hydrogens (primary N) is 1. The second-order valence-electron chi connectivity index (χ2n) is 4.41. The summed E-state index contributed by atoms with van der Waals surface area (Å²) in [6, 6.07) is 4.56. The number of nitriles is 1.